The molecule has 0 spiro atoms. The number of alkyl halides is 3. The molecule has 1 aliphatic rings. The van der Waals surface area contributed by atoms with Crippen molar-refractivity contribution in [1.82, 2.24) is 4.90 Å². The number of methoxy groups -OCH3 is 1. The van der Waals surface area contributed by atoms with Gasteiger partial charge in [0.2, 0.25) is 5.91 Å². The molecular formula is C15H17F3N2O3. The van der Waals surface area contributed by atoms with Crippen molar-refractivity contribution in [1.29, 1.82) is 0 Å². The van der Waals surface area contributed by atoms with Gasteiger partial charge in [-0.25, -0.2) is 4.79 Å². The fourth-order valence-electron chi connectivity index (χ4n) is 2.53. The van der Waals surface area contributed by atoms with Crippen LogP contribution in [0.4, 0.5) is 23.7 Å². The van der Waals surface area contributed by atoms with Crippen molar-refractivity contribution in [2.75, 3.05) is 25.5 Å². The van der Waals surface area contributed by atoms with Gasteiger partial charge in [0.05, 0.1) is 18.4 Å². The van der Waals surface area contributed by atoms with Crippen molar-refractivity contribution in [3.8, 4) is 0 Å². The number of carbonyl (C=O) groups is 2. The summed E-state index contributed by atoms with van der Waals surface area (Å²) in [6.07, 6.45) is -4.23. The molecule has 0 unspecified atom stereocenters. The van der Waals surface area contributed by atoms with Crippen LogP contribution in [-0.2, 0) is 15.7 Å². The van der Waals surface area contributed by atoms with Crippen molar-refractivity contribution in [2.24, 2.45) is 5.92 Å². The van der Waals surface area contributed by atoms with Gasteiger partial charge in [-0.05, 0) is 25.0 Å². The molecule has 0 aromatic heterocycles. The molecule has 2 rings (SSSR count). The van der Waals surface area contributed by atoms with E-state index in [-0.39, 0.29) is 5.69 Å². The summed E-state index contributed by atoms with van der Waals surface area (Å²) < 4.78 is 43.3. The third kappa shape index (κ3) is 4.14. The van der Waals surface area contributed by atoms with Crippen LogP contribution in [0.25, 0.3) is 0 Å². The number of hydrogen-bond acceptors (Lipinski definition) is 3. The Kier molecular flexibility index (Phi) is 5.12. The lowest BCUT2D eigenvalue weighted by Crippen LogP contribution is -2.41. The summed E-state index contributed by atoms with van der Waals surface area (Å²) in [5.41, 5.74) is -1.12. The number of anilines is 1. The average Bonchev–Trinajstić information content (AvgIpc) is 2.53. The number of amides is 2. The fourth-order valence-corrected chi connectivity index (χ4v) is 2.53. The summed E-state index contributed by atoms with van der Waals surface area (Å²) in [7, 11) is 1.27. The molecule has 126 valence electrons. The monoisotopic (exact) mass is 330 g/mol. The maximum Gasteiger partial charge on any atom is 0.418 e. The highest BCUT2D eigenvalue weighted by molar-refractivity contribution is 5.93. The van der Waals surface area contributed by atoms with Crippen LogP contribution in [0.15, 0.2) is 24.3 Å². The van der Waals surface area contributed by atoms with E-state index in [9.17, 15) is 22.8 Å². The summed E-state index contributed by atoms with van der Waals surface area (Å²) >= 11 is 0. The standard InChI is InChI=1S/C15H17F3N2O3/c1-23-14(22)20-8-6-10(7-9-20)13(21)19-12-5-3-2-4-11(12)15(16,17)18/h2-5,10H,6-9H2,1H3,(H,19,21). The van der Waals surface area contributed by atoms with E-state index in [1.807, 2.05) is 0 Å². The van der Waals surface area contributed by atoms with Crippen LogP contribution in [0.3, 0.4) is 0 Å². The van der Waals surface area contributed by atoms with Gasteiger partial charge in [0.15, 0.2) is 0 Å². The van der Waals surface area contributed by atoms with E-state index in [1.165, 1.54) is 30.2 Å². The molecule has 1 heterocycles. The molecule has 0 saturated carbocycles. The third-order valence-corrected chi connectivity index (χ3v) is 3.79. The van der Waals surface area contributed by atoms with Crippen molar-refractivity contribution in [3.05, 3.63) is 29.8 Å². The number of hydrogen-bond donors (Lipinski definition) is 1. The molecule has 1 aliphatic heterocycles. The van der Waals surface area contributed by atoms with Gasteiger partial charge in [0.25, 0.3) is 0 Å². The molecule has 1 N–H and O–H groups in total. The Morgan fingerprint density at radius 1 is 1.22 bits per heavy atom. The van der Waals surface area contributed by atoms with E-state index in [0.717, 1.165) is 6.07 Å². The number of piperidine rings is 1. The highest BCUT2D eigenvalue weighted by Gasteiger charge is 2.34. The fraction of sp³-hybridized carbons (Fsp3) is 0.467. The largest absolute Gasteiger partial charge is 0.453 e. The summed E-state index contributed by atoms with van der Waals surface area (Å²) in [5, 5.41) is 2.35. The molecular weight excluding hydrogens is 313 g/mol. The van der Waals surface area contributed by atoms with Crippen LogP contribution >= 0.6 is 0 Å². The van der Waals surface area contributed by atoms with E-state index in [1.54, 1.807) is 0 Å². The minimum Gasteiger partial charge on any atom is -0.453 e. The van der Waals surface area contributed by atoms with Crippen molar-refractivity contribution in [3.63, 3.8) is 0 Å². The Bertz CT molecular complexity index is 582. The van der Waals surface area contributed by atoms with Crippen molar-refractivity contribution < 1.29 is 27.5 Å². The minimum atomic E-state index is -4.53. The second kappa shape index (κ2) is 6.89. The molecule has 0 aliphatic carbocycles. The zero-order chi connectivity index (χ0) is 17.0. The van der Waals surface area contributed by atoms with Crippen LogP contribution in [0.5, 0.6) is 0 Å². The molecule has 8 heteroatoms. The molecule has 1 fully saturated rings. The SMILES string of the molecule is COC(=O)N1CCC(C(=O)Nc2ccccc2C(F)(F)F)CC1. The molecule has 23 heavy (non-hydrogen) atoms. The van der Waals surface area contributed by atoms with E-state index in [0.29, 0.717) is 25.9 Å². The lowest BCUT2D eigenvalue weighted by Gasteiger charge is -2.30. The Morgan fingerprint density at radius 3 is 2.39 bits per heavy atom. The van der Waals surface area contributed by atoms with E-state index in [2.05, 4.69) is 10.1 Å². The van der Waals surface area contributed by atoms with Crippen LogP contribution in [0.2, 0.25) is 0 Å². The zero-order valence-corrected chi connectivity index (χ0v) is 12.5. The molecule has 1 aromatic rings. The number of nitrogens with one attached hydrogen (secondary N) is 1. The molecule has 5 nitrogen and oxygen atoms in total. The summed E-state index contributed by atoms with van der Waals surface area (Å²) in [4.78, 5) is 25.0. The van der Waals surface area contributed by atoms with Crippen LogP contribution < -0.4 is 5.32 Å². The average molecular weight is 330 g/mol. The zero-order valence-electron chi connectivity index (χ0n) is 12.5. The van der Waals surface area contributed by atoms with Gasteiger partial charge in [-0.1, -0.05) is 12.1 Å². The first-order valence-corrected chi connectivity index (χ1v) is 7.13. The first-order valence-electron chi connectivity index (χ1n) is 7.13. The number of likely N-dealkylation sites (tertiary alicyclic amines) is 1. The summed E-state index contributed by atoms with van der Waals surface area (Å²) in [6, 6.07) is 4.86. The van der Waals surface area contributed by atoms with Crippen LogP contribution in [0.1, 0.15) is 18.4 Å². The predicted octanol–water partition coefficient (Wildman–Crippen LogP) is 3.12. The highest BCUT2D eigenvalue weighted by atomic mass is 19.4. The Morgan fingerprint density at radius 2 is 1.83 bits per heavy atom. The number of benzene rings is 1. The normalized spacial score (nSPS) is 16.1. The van der Waals surface area contributed by atoms with Gasteiger partial charge < -0.3 is 15.0 Å². The Labute approximate surface area is 131 Å². The number of para-hydroxylation sites is 1. The third-order valence-electron chi connectivity index (χ3n) is 3.79. The van der Waals surface area contributed by atoms with E-state index >= 15 is 0 Å². The number of carbonyl (C=O) groups excluding carboxylic acids is 2. The van der Waals surface area contributed by atoms with Crippen LogP contribution in [-0.4, -0.2) is 37.1 Å². The van der Waals surface area contributed by atoms with Gasteiger partial charge in [-0.3, -0.25) is 4.79 Å². The van der Waals surface area contributed by atoms with Gasteiger partial charge >= 0.3 is 12.3 Å². The van der Waals surface area contributed by atoms with Gasteiger partial charge in [0, 0.05) is 19.0 Å². The smallest absolute Gasteiger partial charge is 0.418 e. The van der Waals surface area contributed by atoms with Crippen LogP contribution in [0, 0.1) is 5.92 Å². The minimum absolute atomic E-state index is 0.250. The predicted molar refractivity (Wildman–Crippen MR) is 76.8 cm³/mol. The highest BCUT2D eigenvalue weighted by Crippen LogP contribution is 2.35. The number of nitrogens with zero attached hydrogens (tertiary/aromatic N) is 1. The molecule has 0 atom stereocenters. The first kappa shape index (κ1) is 17.1. The van der Waals surface area contributed by atoms with Gasteiger partial charge in [-0.15, -0.1) is 0 Å². The topological polar surface area (TPSA) is 58.6 Å². The quantitative estimate of drug-likeness (QED) is 0.906. The summed E-state index contributed by atoms with van der Waals surface area (Å²) in [5.74, 6) is -0.900. The summed E-state index contributed by atoms with van der Waals surface area (Å²) in [6.45, 7) is 0.678. The maximum atomic E-state index is 12.9. The second-order valence-electron chi connectivity index (χ2n) is 5.26. The van der Waals surface area contributed by atoms with E-state index in [4.69, 9.17) is 0 Å². The number of ether oxygens (including phenoxy) is 1. The second-order valence-corrected chi connectivity index (χ2v) is 5.26. The van der Waals surface area contributed by atoms with Gasteiger partial charge in [-0.2, -0.15) is 13.2 Å². The molecule has 2 amide bonds. The van der Waals surface area contributed by atoms with Crippen molar-refractivity contribution >= 4 is 17.7 Å². The Hall–Kier alpha value is -2.25. The number of rotatable bonds is 2. The molecule has 0 bridgehead atoms. The lowest BCUT2D eigenvalue weighted by molar-refractivity contribution is -0.137. The first-order chi connectivity index (χ1) is 10.8. The van der Waals surface area contributed by atoms with Crippen molar-refractivity contribution in [2.45, 2.75) is 19.0 Å². The number of halogens is 3. The van der Waals surface area contributed by atoms with Gasteiger partial charge in [0.1, 0.15) is 0 Å². The molecule has 1 saturated heterocycles. The Balaban J connectivity index is 2.00. The molecule has 0 radical (unpaired) electrons. The van der Waals surface area contributed by atoms with E-state index < -0.39 is 29.7 Å². The maximum absolute atomic E-state index is 12.9. The molecule has 1 aromatic carbocycles. The lowest BCUT2D eigenvalue weighted by atomic mass is 9.96.